The van der Waals surface area contributed by atoms with E-state index in [-0.39, 0.29) is 6.04 Å². The highest BCUT2D eigenvalue weighted by molar-refractivity contribution is 6.39. The smallest absolute Gasteiger partial charge is 0.313 e. The van der Waals surface area contributed by atoms with Crippen LogP contribution in [-0.4, -0.2) is 18.4 Å². The Morgan fingerprint density at radius 3 is 2.16 bits per heavy atom. The topological polar surface area (TPSA) is 67.4 Å². The summed E-state index contributed by atoms with van der Waals surface area (Å²) in [6.45, 7) is 6.61. The maximum atomic E-state index is 12.0. The van der Waals surface area contributed by atoms with Gasteiger partial charge >= 0.3 is 11.8 Å². The van der Waals surface area contributed by atoms with Crippen molar-refractivity contribution in [2.75, 3.05) is 11.9 Å². The summed E-state index contributed by atoms with van der Waals surface area (Å²) in [4.78, 5) is 24.1. The number of anilines is 1. The summed E-state index contributed by atoms with van der Waals surface area (Å²) in [6.07, 6.45) is 0. The number of hydrogen-bond acceptors (Lipinski definition) is 3. The van der Waals surface area contributed by atoms with Crippen molar-refractivity contribution in [1.82, 2.24) is 5.32 Å². The maximum Gasteiger partial charge on any atom is 0.313 e. The van der Waals surface area contributed by atoms with E-state index in [1.165, 1.54) is 0 Å². The molecule has 132 valence electrons. The number of carbonyl (C=O) groups is 2. The molecule has 0 aliphatic carbocycles. The normalized spacial score (nSPS) is 11.7. The molecule has 0 saturated carbocycles. The molecular formula is C20H24N2O3. The van der Waals surface area contributed by atoms with E-state index in [4.69, 9.17) is 4.74 Å². The van der Waals surface area contributed by atoms with Crippen molar-refractivity contribution in [1.29, 1.82) is 0 Å². The summed E-state index contributed by atoms with van der Waals surface area (Å²) in [5.74, 6) is -0.196. The molecule has 0 spiro atoms. The summed E-state index contributed by atoms with van der Waals surface area (Å²) < 4.78 is 5.58. The first-order chi connectivity index (χ1) is 12.0. The average Bonchev–Trinajstić information content (AvgIpc) is 2.61. The molecule has 2 rings (SSSR count). The lowest BCUT2D eigenvalue weighted by molar-refractivity contribution is -0.136. The first-order valence-corrected chi connectivity index (χ1v) is 8.35. The minimum absolute atomic E-state index is 0.244. The van der Waals surface area contributed by atoms with Gasteiger partial charge in [0.05, 0.1) is 12.6 Å². The second-order valence-corrected chi connectivity index (χ2v) is 6.29. The minimum Gasteiger partial charge on any atom is -0.493 e. The van der Waals surface area contributed by atoms with Gasteiger partial charge in [0, 0.05) is 5.69 Å². The third-order valence-corrected chi connectivity index (χ3v) is 3.55. The van der Waals surface area contributed by atoms with E-state index in [0.29, 0.717) is 18.2 Å². The van der Waals surface area contributed by atoms with Crippen LogP contribution in [0.4, 0.5) is 5.69 Å². The SMILES string of the molecule is CC(C)COc1ccc(NC(=O)C(=O)NC(C)c2ccccc2)cc1. The van der Waals surface area contributed by atoms with Gasteiger partial charge in [0.1, 0.15) is 5.75 Å². The molecule has 0 fully saturated rings. The molecule has 25 heavy (non-hydrogen) atoms. The second kappa shape index (κ2) is 8.87. The van der Waals surface area contributed by atoms with Crippen LogP contribution in [-0.2, 0) is 9.59 Å². The summed E-state index contributed by atoms with van der Waals surface area (Å²) >= 11 is 0. The van der Waals surface area contributed by atoms with Crippen molar-refractivity contribution >= 4 is 17.5 Å². The van der Waals surface area contributed by atoms with Crippen molar-refractivity contribution < 1.29 is 14.3 Å². The van der Waals surface area contributed by atoms with Gasteiger partial charge < -0.3 is 15.4 Å². The number of hydrogen-bond donors (Lipinski definition) is 2. The molecule has 5 nitrogen and oxygen atoms in total. The van der Waals surface area contributed by atoms with Gasteiger partial charge in [-0.15, -0.1) is 0 Å². The zero-order valence-electron chi connectivity index (χ0n) is 14.8. The molecule has 2 N–H and O–H groups in total. The maximum absolute atomic E-state index is 12.0. The zero-order chi connectivity index (χ0) is 18.2. The molecule has 0 aliphatic rings. The molecule has 0 aromatic heterocycles. The van der Waals surface area contributed by atoms with Crippen LogP contribution < -0.4 is 15.4 Å². The highest BCUT2D eigenvalue weighted by Crippen LogP contribution is 2.16. The number of carbonyl (C=O) groups excluding carboxylic acids is 2. The van der Waals surface area contributed by atoms with Gasteiger partial charge in [-0.1, -0.05) is 44.2 Å². The van der Waals surface area contributed by atoms with E-state index in [1.807, 2.05) is 37.3 Å². The Kier molecular flexibility index (Phi) is 6.57. The van der Waals surface area contributed by atoms with Crippen molar-refractivity contribution in [2.45, 2.75) is 26.8 Å². The van der Waals surface area contributed by atoms with E-state index in [9.17, 15) is 9.59 Å². The average molecular weight is 340 g/mol. The molecule has 0 radical (unpaired) electrons. The van der Waals surface area contributed by atoms with Crippen molar-refractivity contribution in [3.8, 4) is 5.75 Å². The fourth-order valence-corrected chi connectivity index (χ4v) is 2.17. The molecule has 2 aromatic carbocycles. The molecule has 1 unspecified atom stereocenters. The molecular weight excluding hydrogens is 316 g/mol. The Balaban J connectivity index is 1.87. The third kappa shape index (κ3) is 5.95. The predicted octanol–water partition coefficient (Wildman–Crippen LogP) is 3.54. The van der Waals surface area contributed by atoms with E-state index in [2.05, 4.69) is 24.5 Å². The summed E-state index contributed by atoms with van der Waals surface area (Å²) in [5.41, 5.74) is 1.49. The van der Waals surface area contributed by atoms with Gasteiger partial charge in [0.25, 0.3) is 0 Å². The van der Waals surface area contributed by atoms with Crippen molar-refractivity contribution in [2.24, 2.45) is 5.92 Å². The number of ether oxygens (including phenoxy) is 1. The Morgan fingerprint density at radius 2 is 1.56 bits per heavy atom. The fraction of sp³-hybridized carbons (Fsp3) is 0.300. The molecule has 2 aromatic rings. The second-order valence-electron chi connectivity index (χ2n) is 6.29. The fourth-order valence-electron chi connectivity index (χ4n) is 2.17. The lowest BCUT2D eigenvalue weighted by atomic mass is 10.1. The van der Waals surface area contributed by atoms with E-state index in [1.54, 1.807) is 24.3 Å². The largest absolute Gasteiger partial charge is 0.493 e. The Labute approximate surface area is 148 Å². The van der Waals surface area contributed by atoms with Crippen LogP contribution in [0.3, 0.4) is 0 Å². The standard InChI is InChI=1S/C20H24N2O3/c1-14(2)13-25-18-11-9-17(10-12-18)22-20(24)19(23)21-15(3)16-7-5-4-6-8-16/h4-12,14-15H,13H2,1-3H3,(H,21,23)(H,22,24). The van der Waals surface area contributed by atoms with Crippen LogP contribution in [0.2, 0.25) is 0 Å². The van der Waals surface area contributed by atoms with Crippen LogP contribution in [0.25, 0.3) is 0 Å². The van der Waals surface area contributed by atoms with Crippen molar-refractivity contribution in [3.63, 3.8) is 0 Å². The number of benzene rings is 2. The van der Waals surface area contributed by atoms with Gasteiger partial charge in [-0.05, 0) is 42.7 Å². The molecule has 1 atom stereocenters. The van der Waals surface area contributed by atoms with Crippen LogP contribution in [0, 0.1) is 5.92 Å². The molecule has 0 heterocycles. The van der Waals surface area contributed by atoms with Crippen LogP contribution in [0.15, 0.2) is 54.6 Å². The number of rotatable bonds is 6. The van der Waals surface area contributed by atoms with E-state index >= 15 is 0 Å². The third-order valence-electron chi connectivity index (χ3n) is 3.55. The van der Waals surface area contributed by atoms with Crippen LogP contribution in [0.5, 0.6) is 5.75 Å². The monoisotopic (exact) mass is 340 g/mol. The lowest BCUT2D eigenvalue weighted by Gasteiger charge is -2.14. The summed E-state index contributed by atoms with van der Waals surface area (Å²) in [7, 11) is 0. The quantitative estimate of drug-likeness (QED) is 0.791. The van der Waals surface area contributed by atoms with E-state index in [0.717, 1.165) is 11.3 Å². The minimum atomic E-state index is -0.696. The molecule has 0 aliphatic heterocycles. The summed E-state index contributed by atoms with van der Waals surface area (Å²) in [6, 6.07) is 16.2. The molecule has 5 heteroatoms. The lowest BCUT2D eigenvalue weighted by Crippen LogP contribution is -2.36. The first kappa shape index (κ1) is 18.5. The number of amides is 2. The Hall–Kier alpha value is -2.82. The van der Waals surface area contributed by atoms with E-state index < -0.39 is 11.8 Å². The highest BCUT2D eigenvalue weighted by atomic mass is 16.5. The number of nitrogens with one attached hydrogen (secondary N) is 2. The predicted molar refractivity (Wildman–Crippen MR) is 98.4 cm³/mol. The first-order valence-electron chi connectivity index (χ1n) is 8.35. The zero-order valence-corrected chi connectivity index (χ0v) is 14.8. The van der Waals surface area contributed by atoms with Gasteiger partial charge in [-0.25, -0.2) is 0 Å². The Bertz CT molecular complexity index is 697. The van der Waals surface area contributed by atoms with Gasteiger partial charge in [0.15, 0.2) is 0 Å². The molecule has 0 saturated heterocycles. The van der Waals surface area contributed by atoms with Gasteiger partial charge in [-0.3, -0.25) is 9.59 Å². The van der Waals surface area contributed by atoms with Gasteiger partial charge in [-0.2, -0.15) is 0 Å². The van der Waals surface area contributed by atoms with Crippen molar-refractivity contribution in [3.05, 3.63) is 60.2 Å². The molecule has 2 amide bonds. The molecule has 0 bridgehead atoms. The summed E-state index contributed by atoms with van der Waals surface area (Å²) in [5, 5.41) is 5.27. The van der Waals surface area contributed by atoms with Crippen LogP contribution >= 0.6 is 0 Å². The Morgan fingerprint density at radius 1 is 0.920 bits per heavy atom. The highest BCUT2D eigenvalue weighted by Gasteiger charge is 2.17. The van der Waals surface area contributed by atoms with Gasteiger partial charge in [0.2, 0.25) is 0 Å². The van der Waals surface area contributed by atoms with Crippen LogP contribution in [0.1, 0.15) is 32.4 Å².